The van der Waals surface area contributed by atoms with Gasteiger partial charge in [0.25, 0.3) is 0 Å². The minimum atomic E-state index is -0.120. The Bertz CT molecular complexity index is 773. The maximum atomic E-state index is 12.2. The standard InChI is InChI=1S/C12H8ClN3OSe/c1-7-6-10(13)15-12(14-7)16-11(17)8-4-2-3-5-9(8)18-16/h2-6H,1H3. The monoisotopic (exact) mass is 325 g/mol. The van der Waals surface area contributed by atoms with Crippen LogP contribution in [0.5, 0.6) is 0 Å². The van der Waals surface area contributed by atoms with E-state index in [0.29, 0.717) is 11.1 Å². The molecular formula is C12H8ClN3OSe. The Morgan fingerprint density at radius 2 is 2.06 bits per heavy atom. The van der Waals surface area contributed by atoms with Gasteiger partial charge in [0, 0.05) is 0 Å². The predicted molar refractivity (Wildman–Crippen MR) is 71.8 cm³/mol. The van der Waals surface area contributed by atoms with Crippen LogP contribution < -0.4 is 5.56 Å². The first-order valence-electron chi connectivity index (χ1n) is 5.28. The quantitative estimate of drug-likeness (QED) is 0.506. The van der Waals surface area contributed by atoms with E-state index in [-0.39, 0.29) is 20.3 Å². The second-order valence-electron chi connectivity index (χ2n) is 3.82. The van der Waals surface area contributed by atoms with Crippen LogP contribution in [-0.2, 0) is 0 Å². The number of nitrogens with zero attached hydrogens (tertiary/aromatic N) is 3. The van der Waals surface area contributed by atoms with Crippen molar-refractivity contribution in [3.05, 3.63) is 51.5 Å². The van der Waals surface area contributed by atoms with Crippen molar-refractivity contribution < 1.29 is 0 Å². The van der Waals surface area contributed by atoms with Crippen molar-refractivity contribution in [1.29, 1.82) is 0 Å². The first-order chi connectivity index (χ1) is 8.65. The summed E-state index contributed by atoms with van der Waals surface area (Å²) in [6.07, 6.45) is 0. The van der Waals surface area contributed by atoms with Gasteiger partial charge in [-0.1, -0.05) is 0 Å². The summed E-state index contributed by atoms with van der Waals surface area (Å²) in [4.78, 5) is 20.6. The van der Waals surface area contributed by atoms with Crippen LogP contribution in [0, 0.1) is 6.92 Å². The van der Waals surface area contributed by atoms with Crippen LogP contribution in [0.3, 0.4) is 0 Å². The second-order valence-corrected chi connectivity index (χ2v) is 6.28. The van der Waals surface area contributed by atoms with Crippen LogP contribution in [0.1, 0.15) is 5.69 Å². The first kappa shape index (κ1) is 11.7. The van der Waals surface area contributed by atoms with Gasteiger partial charge in [-0.15, -0.1) is 0 Å². The van der Waals surface area contributed by atoms with Crippen LogP contribution in [0.25, 0.3) is 15.6 Å². The number of hydrogen-bond acceptors (Lipinski definition) is 3. The average molecular weight is 325 g/mol. The third-order valence-electron chi connectivity index (χ3n) is 2.48. The Morgan fingerprint density at radius 1 is 1.28 bits per heavy atom. The molecule has 0 unspecified atom stereocenters. The zero-order valence-electron chi connectivity index (χ0n) is 9.42. The van der Waals surface area contributed by atoms with Gasteiger partial charge in [0.2, 0.25) is 0 Å². The average Bonchev–Trinajstić information content (AvgIpc) is 2.66. The normalized spacial score (nSPS) is 11.0. The Labute approximate surface area is 114 Å². The minimum absolute atomic E-state index is 0.0488. The molecule has 0 fully saturated rings. The number of fused-ring (bicyclic) bond motifs is 1. The fourth-order valence-corrected chi connectivity index (χ4v) is 3.90. The molecule has 6 heteroatoms. The summed E-state index contributed by atoms with van der Waals surface area (Å²) < 4.78 is 2.66. The zero-order valence-corrected chi connectivity index (χ0v) is 11.9. The molecular weight excluding hydrogens is 317 g/mol. The van der Waals surface area contributed by atoms with Crippen LogP contribution in [0.15, 0.2) is 35.1 Å². The molecule has 0 aliphatic rings. The number of rotatable bonds is 1. The molecule has 0 bridgehead atoms. The molecule has 2 aromatic heterocycles. The van der Waals surface area contributed by atoms with Crippen molar-refractivity contribution in [2.75, 3.05) is 0 Å². The number of halogens is 1. The van der Waals surface area contributed by atoms with E-state index < -0.39 is 0 Å². The van der Waals surface area contributed by atoms with Crippen molar-refractivity contribution in [3.8, 4) is 5.95 Å². The Hall–Kier alpha value is -1.42. The molecule has 0 radical (unpaired) electrons. The molecule has 0 saturated carbocycles. The van der Waals surface area contributed by atoms with Crippen LogP contribution in [-0.4, -0.2) is 28.3 Å². The molecule has 4 nitrogen and oxygen atoms in total. The van der Waals surface area contributed by atoms with Gasteiger partial charge in [0.05, 0.1) is 0 Å². The molecule has 0 N–H and O–H groups in total. The van der Waals surface area contributed by atoms with Gasteiger partial charge in [0.1, 0.15) is 0 Å². The van der Waals surface area contributed by atoms with Gasteiger partial charge in [-0.25, -0.2) is 0 Å². The van der Waals surface area contributed by atoms with Crippen molar-refractivity contribution in [2.24, 2.45) is 0 Å². The maximum absolute atomic E-state index is 12.2. The molecule has 0 spiro atoms. The molecule has 90 valence electrons. The molecule has 3 aromatic rings. The van der Waals surface area contributed by atoms with Gasteiger partial charge >= 0.3 is 114 Å². The van der Waals surface area contributed by atoms with E-state index in [1.807, 2.05) is 31.2 Å². The number of benzene rings is 1. The summed E-state index contributed by atoms with van der Waals surface area (Å²) in [6.45, 7) is 1.83. The Morgan fingerprint density at radius 3 is 2.78 bits per heavy atom. The number of aromatic nitrogens is 3. The van der Waals surface area contributed by atoms with E-state index in [1.54, 1.807) is 9.63 Å². The summed E-state index contributed by atoms with van der Waals surface area (Å²) in [5.41, 5.74) is 0.705. The molecule has 3 rings (SSSR count). The molecule has 0 aliphatic heterocycles. The van der Waals surface area contributed by atoms with Gasteiger partial charge in [-0.05, 0) is 0 Å². The fraction of sp³-hybridized carbons (Fsp3) is 0.0833. The Kier molecular flexibility index (Phi) is 2.82. The number of hydrogen-bond donors (Lipinski definition) is 0. The first-order valence-corrected chi connectivity index (χ1v) is 7.28. The van der Waals surface area contributed by atoms with E-state index >= 15 is 0 Å². The summed E-state index contributed by atoms with van der Waals surface area (Å²) in [7, 11) is 0. The van der Waals surface area contributed by atoms with E-state index in [1.165, 1.54) is 0 Å². The van der Waals surface area contributed by atoms with E-state index in [9.17, 15) is 4.79 Å². The van der Waals surface area contributed by atoms with Crippen LogP contribution in [0.4, 0.5) is 0 Å². The summed E-state index contributed by atoms with van der Waals surface area (Å²) in [5, 5.41) is 1.09. The third kappa shape index (κ3) is 1.90. The van der Waals surface area contributed by atoms with E-state index in [2.05, 4.69) is 9.97 Å². The van der Waals surface area contributed by atoms with Crippen LogP contribution >= 0.6 is 11.6 Å². The molecule has 0 amide bonds. The third-order valence-corrected chi connectivity index (χ3v) is 4.91. The van der Waals surface area contributed by atoms with Gasteiger partial charge in [-0.2, -0.15) is 0 Å². The molecule has 18 heavy (non-hydrogen) atoms. The van der Waals surface area contributed by atoms with Crippen molar-refractivity contribution in [3.63, 3.8) is 0 Å². The van der Waals surface area contributed by atoms with Crippen LogP contribution in [0.2, 0.25) is 5.15 Å². The topological polar surface area (TPSA) is 47.8 Å². The molecule has 0 atom stereocenters. The predicted octanol–water partition coefficient (Wildman–Crippen LogP) is 1.80. The second kappa shape index (κ2) is 4.35. The summed E-state index contributed by atoms with van der Waals surface area (Å²) >= 11 is 5.79. The SMILES string of the molecule is Cc1cc(Cl)nc(-n2[se]c3ccccc3c2=O)n1. The van der Waals surface area contributed by atoms with Gasteiger partial charge < -0.3 is 0 Å². The molecule has 1 aromatic carbocycles. The zero-order chi connectivity index (χ0) is 12.7. The van der Waals surface area contributed by atoms with Gasteiger partial charge in [-0.3, -0.25) is 0 Å². The van der Waals surface area contributed by atoms with E-state index in [4.69, 9.17) is 11.6 Å². The molecule has 0 aliphatic carbocycles. The molecule has 0 saturated heterocycles. The Balaban J connectivity index is 2.31. The number of aryl methyl sites for hydroxylation is 1. The molecule has 2 heterocycles. The van der Waals surface area contributed by atoms with Crippen molar-refractivity contribution in [1.82, 2.24) is 13.5 Å². The van der Waals surface area contributed by atoms with Gasteiger partial charge in [0.15, 0.2) is 0 Å². The van der Waals surface area contributed by atoms with E-state index in [0.717, 1.165) is 15.3 Å². The van der Waals surface area contributed by atoms with Crippen molar-refractivity contribution in [2.45, 2.75) is 6.92 Å². The summed E-state index contributed by atoms with van der Waals surface area (Å²) in [6, 6.07) is 9.26. The fourth-order valence-electron chi connectivity index (χ4n) is 1.71. The van der Waals surface area contributed by atoms with Crippen molar-refractivity contribution >= 4 is 36.0 Å². The summed E-state index contributed by atoms with van der Waals surface area (Å²) in [5.74, 6) is 0.390.